The van der Waals surface area contributed by atoms with E-state index >= 15 is 0 Å². The summed E-state index contributed by atoms with van der Waals surface area (Å²) in [6.07, 6.45) is 68.8. The lowest BCUT2D eigenvalue weighted by Gasteiger charge is -2.18. The SMILES string of the molecule is CC/C=C\C/C=C\C/C=C\C/C=C\C/C=C\CCCC(=O)OCC(COC(=O)C/C=C\C/C=C\C/C=C\CC)OC(=O)CCC/C=C\C/C=C\C/C=C\C/C=C\CCCCC. The predicted octanol–water partition coefficient (Wildman–Crippen LogP) is 15.3. The van der Waals surface area contributed by atoms with E-state index in [0.717, 1.165) is 83.5 Å². The molecule has 0 aromatic carbocycles. The highest BCUT2D eigenvalue weighted by Crippen LogP contribution is 2.08. The van der Waals surface area contributed by atoms with Gasteiger partial charge in [-0.15, -0.1) is 0 Å². The smallest absolute Gasteiger partial charge is 0.309 e. The maximum Gasteiger partial charge on any atom is 0.309 e. The highest BCUT2D eigenvalue weighted by atomic mass is 16.6. The molecule has 0 saturated carbocycles. The number of carbonyl (C=O) groups is 3. The van der Waals surface area contributed by atoms with Gasteiger partial charge in [0.25, 0.3) is 0 Å². The molecule has 0 aliphatic heterocycles. The van der Waals surface area contributed by atoms with Crippen molar-refractivity contribution in [2.24, 2.45) is 0 Å². The van der Waals surface area contributed by atoms with Crippen LogP contribution in [0.3, 0.4) is 0 Å². The van der Waals surface area contributed by atoms with Crippen LogP contribution in [0.4, 0.5) is 0 Å². The average molecular weight is 839 g/mol. The summed E-state index contributed by atoms with van der Waals surface area (Å²) in [5, 5.41) is 0. The number of rotatable bonds is 39. The van der Waals surface area contributed by atoms with E-state index < -0.39 is 18.0 Å². The van der Waals surface area contributed by atoms with Crippen LogP contribution in [0.5, 0.6) is 0 Å². The Balaban J connectivity index is 4.64. The Morgan fingerprint density at radius 3 is 1.08 bits per heavy atom. The Kier molecular flexibility index (Phi) is 44.3. The minimum atomic E-state index is -0.869. The van der Waals surface area contributed by atoms with Crippen molar-refractivity contribution in [2.45, 2.75) is 168 Å². The molecule has 0 rings (SSSR count). The second-order valence-electron chi connectivity index (χ2n) is 14.6. The number of hydrogen-bond donors (Lipinski definition) is 0. The zero-order chi connectivity index (χ0) is 44.4. The molecule has 1 atom stereocenters. The molecule has 338 valence electrons. The number of allylic oxidation sites excluding steroid dienone is 23. The molecule has 0 heterocycles. The Hall–Kier alpha value is -4.71. The van der Waals surface area contributed by atoms with Crippen LogP contribution in [-0.4, -0.2) is 37.2 Å². The van der Waals surface area contributed by atoms with E-state index in [9.17, 15) is 14.4 Å². The first kappa shape index (κ1) is 56.3. The van der Waals surface area contributed by atoms with E-state index in [-0.39, 0.29) is 38.4 Å². The van der Waals surface area contributed by atoms with Gasteiger partial charge in [0, 0.05) is 12.8 Å². The highest BCUT2D eigenvalue weighted by Gasteiger charge is 2.19. The van der Waals surface area contributed by atoms with Crippen molar-refractivity contribution in [2.75, 3.05) is 13.2 Å². The second-order valence-corrected chi connectivity index (χ2v) is 14.6. The van der Waals surface area contributed by atoms with Crippen LogP contribution in [0.1, 0.15) is 162 Å². The summed E-state index contributed by atoms with van der Waals surface area (Å²) in [6, 6.07) is 0. The zero-order valence-electron chi connectivity index (χ0n) is 38.4. The van der Waals surface area contributed by atoms with Gasteiger partial charge < -0.3 is 14.2 Å². The Labute approximate surface area is 372 Å². The van der Waals surface area contributed by atoms with Crippen molar-refractivity contribution in [1.29, 1.82) is 0 Å². The summed E-state index contributed by atoms with van der Waals surface area (Å²) in [4.78, 5) is 37.7. The molecule has 0 aliphatic carbocycles. The molecule has 0 aromatic rings. The molecule has 0 spiro atoms. The first-order valence-electron chi connectivity index (χ1n) is 23.3. The molecule has 0 saturated heterocycles. The lowest BCUT2D eigenvalue weighted by Crippen LogP contribution is -2.30. The molecule has 61 heavy (non-hydrogen) atoms. The van der Waals surface area contributed by atoms with E-state index in [4.69, 9.17) is 14.2 Å². The molecular formula is C55H82O6. The fourth-order valence-corrected chi connectivity index (χ4v) is 5.41. The highest BCUT2D eigenvalue weighted by molar-refractivity contribution is 5.72. The van der Waals surface area contributed by atoms with Gasteiger partial charge in [-0.2, -0.15) is 0 Å². The molecule has 1 unspecified atom stereocenters. The monoisotopic (exact) mass is 839 g/mol. The van der Waals surface area contributed by atoms with Gasteiger partial charge in [-0.1, -0.05) is 179 Å². The number of carbonyl (C=O) groups excluding carboxylic acids is 3. The van der Waals surface area contributed by atoms with Crippen molar-refractivity contribution in [3.8, 4) is 0 Å². The number of unbranched alkanes of at least 4 members (excludes halogenated alkanes) is 5. The second kappa shape index (κ2) is 48.0. The molecule has 0 radical (unpaired) electrons. The first-order chi connectivity index (χ1) is 30.0. The first-order valence-corrected chi connectivity index (χ1v) is 23.3. The van der Waals surface area contributed by atoms with Crippen LogP contribution in [0.15, 0.2) is 146 Å². The van der Waals surface area contributed by atoms with Gasteiger partial charge in [0.2, 0.25) is 0 Å². The summed E-state index contributed by atoms with van der Waals surface area (Å²) in [6.45, 7) is 6.14. The van der Waals surface area contributed by atoms with Gasteiger partial charge in [-0.25, -0.2) is 0 Å². The predicted molar refractivity (Wildman–Crippen MR) is 260 cm³/mol. The van der Waals surface area contributed by atoms with E-state index in [0.29, 0.717) is 12.8 Å². The molecular weight excluding hydrogens is 757 g/mol. The molecule has 0 fully saturated rings. The van der Waals surface area contributed by atoms with Gasteiger partial charge in [-0.3, -0.25) is 14.4 Å². The van der Waals surface area contributed by atoms with E-state index in [1.165, 1.54) is 25.7 Å². The van der Waals surface area contributed by atoms with Crippen molar-refractivity contribution in [1.82, 2.24) is 0 Å². The van der Waals surface area contributed by atoms with Crippen molar-refractivity contribution in [3.05, 3.63) is 146 Å². The number of esters is 3. The molecule has 0 aromatic heterocycles. The van der Waals surface area contributed by atoms with E-state index in [1.54, 1.807) is 6.08 Å². The maximum absolute atomic E-state index is 12.7. The summed E-state index contributed by atoms with van der Waals surface area (Å²) >= 11 is 0. The van der Waals surface area contributed by atoms with E-state index in [2.05, 4.69) is 154 Å². The summed E-state index contributed by atoms with van der Waals surface area (Å²) < 4.78 is 16.5. The fraction of sp³-hybridized carbons (Fsp3) is 0.509. The minimum Gasteiger partial charge on any atom is -0.462 e. The molecule has 0 amide bonds. The third-order valence-electron chi connectivity index (χ3n) is 8.84. The van der Waals surface area contributed by atoms with Gasteiger partial charge in [-0.05, 0) is 109 Å². The third kappa shape index (κ3) is 46.2. The number of hydrogen-bond acceptors (Lipinski definition) is 6. The van der Waals surface area contributed by atoms with Crippen LogP contribution in [-0.2, 0) is 28.6 Å². The normalized spacial score (nSPS) is 13.4. The molecule has 6 heteroatoms. The zero-order valence-corrected chi connectivity index (χ0v) is 38.4. The Morgan fingerprint density at radius 1 is 0.361 bits per heavy atom. The average Bonchev–Trinajstić information content (AvgIpc) is 3.26. The van der Waals surface area contributed by atoms with Gasteiger partial charge in [0.1, 0.15) is 13.2 Å². The Morgan fingerprint density at radius 2 is 0.689 bits per heavy atom. The van der Waals surface area contributed by atoms with Gasteiger partial charge >= 0.3 is 17.9 Å². The topological polar surface area (TPSA) is 78.9 Å². The van der Waals surface area contributed by atoms with Crippen LogP contribution >= 0.6 is 0 Å². The van der Waals surface area contributed by atoms with Gasteiger partial charge in [0.15, 0.2) is 6.10 Å². The third-order valence-corrected chi connectivity index (χ3v) is 8.84. The number of ether oxygens (including phenoxy) is 3. The van der Waals surface area contributed by atoms with Crippen molar-refractivity contribution in [3.63, 3.8) is 0 Å². The molecule has 0 bridgehead atoms. The van der Waals surface area contributed by atoms with Gasteiger partial charge in [0.05, 0.1) is 6.42 Å². The quantitative estimate of drug-likeness (QED) is 0.0265. The Bertz CT molecular complexity index is 1430. The lowest BCUT2D eigenvalue weighted by atomic mass is 10.2. The summed E-state index contributed by atoms with van der Waals surface area (Å²) in [5.41, 5.74) is 0. The fourth-order valence-electron chi connectivity index (χ4n) is 5.41. The molecule has 6 nitrogen and oxygen atoms in total. The van der Waals surface area contributed by atoms with E-state index in [1.807, 2.05) is 6.08 Å². The summed E-state index contributed by atoms with van der Waals surface area (Å²) in [5.74, 6) is -1.22. The van der Waals surface area contributed by atoms with Crippen molar-refractivity contribution < 1.29 is 28.6 Å². The largest absolute Gasteiger partial charge is 0.462 e. The van der Waals surface area contributed by atoms with Crippen molar-refractivity contribution >= 4 is 17.9 Å². The maximum atomic E-state index is 12.7. The van der Waals surface area contributed by atoms with Crippen LogP contribution < -0.4 is 0 Å². The van der Waals surface area contributed by atoms with Crippen LogP contribution in [0.2, 0.25) is 0 Å². The van der Waals surface area contributed by atoms with Crippen LogP contribution in [0, 0.1) is 0 Å². The summed E-state index contributed by atoms with van der Waals surface area (Å²) in [7, 11) is 0. The minimum absolute atomic E-state index is 0.106. The molecule has 0 N–H and O–H groups in total. The standard InChI is InChI=1S/C55H82O6/c1-4-7-10-13-16-19-21-23-25-27-29-31-33-36-39-42-45-48-54(57)60-51-52(50-59-53(56)47-44-41-38-35-18-15-12-9-6-3)61-55(58)49-46-43-40-37-34-32-30-28-26-24-22-20-17-14-11-8-5-2/h7,9-10,12,16-20,23-26,29-32,35-37,39-41,44,52H,4-6,8,11,13-15,21-22,27-28,33-34,38,42-43,45-51H2,1-3H3/b10-7-,12-9-,19-16-,20-17-,25-23-,26-24-,31-29-,32-30-,35-18-,39-36-,40-37-,44-41-. The lowest BCUT2D eigenvalue weighted by molar-refractivity contribution is -0.166. The van der Waals surface area contributed by atoms with Crippen LogP contribution in [0.25, 0.3) is 0 Å². The molecule has 0 aliphatic rings.